The molecule has 1 saturated heterocycles. The molecule has 1 aliphatic rings. The van der Waals surface area contributed by atoms with Crippen LogP contribution in [0.5, 0.6) is 5.75 Å². The highest BCUT2D eigenvalue weighted by Gasteiger charge is 2.26. The Morgan fingerprint density at radius 2 is 2.25 bits per heavy atom. The summed E-state index contributed by atoms with van der Waals surface area (Å²) in [4.78, 5) is 0. The molecule has 1 fully saturated rings. The zero-order valence-corrected chi connectivity index (χ0v) is 9.02. The Hall–Kier alpha value is -0.910. The Labute approximate surface area is 96.0 Å². The van der Waals surface area contributed by atoms with E-state index in [1.165, 1.54) is 0 Å². The van der Waals surface area contributed by atoms with Crippen molar-refractivity contribution in [3.63, 3.8) is 0 Å². The van der Waals surface area contributed by atoms with E-state index in [1.54, 1.807) is 0 Å². The number of hydrogen-bond donors (Lipinski definition) is 2. The van der Waals surface area contributed by atoms with Crippen molar-refractivity contribution in [3.8, 4) is 5.75 Å². The van der Waals surface area contributed by atoms with Crippen LogP contribution in [0.4, 0.5) is 8.78 Å². The highest BCUT2D eigenvalue weighted by molar-refractivity contribution is 6.32. The number of halogens is 3. The molecule has 0 radical (unpaired) electrons. The minimum atomic E-state index is -1.12. The van der Waals surface area contributed by atoms with Crippen LogP contribution in [-0.2, 0) is 4.74 Å². The summed E-state index contributed by atoms with van der Waals surface area (Å²) in [7, 11) is 0. The Kier molecular flexibility index (Phi) is 3.28. The number of phenolic OH excluding ortho intramolecular Hbond substituents is 1. The van der Waals surface area contributed by atoms with E-state index in [9.17, 15) is 13.9 Å². The third-order valence-electron chi connectivity index (χ3n) is 2.43. The van der Waals surface area contributed by atoms with E-state index in [2.05, 4.69) is 5.32 Å². The van der Waals surface area contributed by atoms with Gasteiger partial charge in [-0.1, -0.05) is 11.6 Å². The van der Waals surface area contributed by atoms with E-state index in [0.717, 1.165) is 6.07 Å². The lowest BCUT2D eigenvalue weighted by molar-refractivity contribution is 0.0236. The fourth-order valence-corrected chi connectivity index (χ4v) is 1.85. The molecule has 1 aliphatic heterocycles. The molecule has 0 spiro atoms. The minimum absolute atomic E-state index is 0.219. The summed E-state index contributed by atoms with van der Waals surface area (Å²) in [6.45, 7) is 1.32. The van der Waals surface area contributed by atoms with E-state index in [4.69, 9.17) is 16.3 Å². The average Bonchev–Trinajstić information content (AvgIpc) is 2.28. The number of nitrogens with one attached hydrogen (secondary N) is 1. The highest BCUT2D eigenvalue weighted by Crippen LogP contribution is 2.37. The Morgan fingerprint density at radius 3 is 2.88 bits per heavy atom. The van der Waals surface area contributed by atoms with E-state index in [-0.39, 0.29) is 10.6 Å². The summed E-state index contributed by atoms with van der Waals surface area (Å²) in [5, 5.41) is 12.3. The van der Waals surface area contributed by atoms with Crippen LogP contribution in [0.25, 0.3) is 0 Å². The molecule has 88 valence electrons. The zero-order chi connectivity index (χ0) is 11.7. The first-order valence-corrected chi connectivity index (χ1v) is 5.17. The lowest BCUT2D eigenvalue weighted by atomic mass is 10.1. The van der Waals surface area contributed by atoms with Crippen molar-refractivity contribution in [2.45, 2.75) is 6.10 Å². The van der Waals surface area contributed by atoms with Gasteiger partial charge in [-0.2, -0.15) is 0 Å². The van der Waals surface area contributed by atoms with Crippen LogP contribution >= 0.6 is 11.6 Å². The quantitative estimate of drug-likeness (QED) is 0.748. The molecule has 3 nitrogen and oxygen atoms in total. The van der Waals surface area contributed by atoms with Gasteiger partial charge in [0.15, 0.2) is 11.6 Å². The molecule has 1 atom stereocenters. The summed E-state index contributed by atoms with van der Waals surface area (Å²) in [5.41, 5.74) is -0.225. The van der Waals surface area contributed by atoms with Crippen molar-refractivity contribution in [1.29, 1.82) is 0 Å². The van der Waals surface area contributed by atoms with Crippen LogP contribution in [0.3, 0.4) is 0 Å². The number of phenols is 1. The topological polar surface area (TPSA) is 41.5 Å². The first-order chi connectivity index (χ1) is 7.61. The summed E-state index contributed by atoms with van der Waals surface area (Å²) in [6.07, 6.45) is -0.720. The minimum Gasteiger partial charge on any atom is -0.506 e. The molecular formula is C10H10ClF2NO2. The van der Waals surface area contributed by atoms with Gasteiger partial charge >= 0.3 is 0 Å². The van der Waals surface area contributed by atoms with E-state index >= 15 is 0 Å². The molecule has 0 aliphatic carbocycles. The fraction of sp³-hybridized carbons (Fsp3) is 0.400. The van der Waals surface area contributed by atoms with Gasteiger partial charge in [0.25, 0.3) is 0 Å². The van der Waals surface area contributed by atoms with Gasteiger partial charge < -0.3 is 15.2 Å². The normalized spacial score (nSPS) is 21.1. The Morgan fingerprint density at radius 1 is 1.50 bits per heavy atom. The van der Waals surface area contributed by atoms with Gasteiger partial charge in [-0.3, -0.25) is 0 Å². The van der Waals surface area contributed by atoms with Crippen molar-refractivity contribution < 1.29 is 18.6 Å². The molecule has 2 rings (SSSR count). The molecule has 0 bridgehead atoms. The highest BCUT2D eigenvalue weighted by atomic mass is 35.5. The van der Waals surface area contributed by atoms with Gasteiger partial charge in [0.05, 0.1) is 17.2 Å². The molecule has 1 heterocycles. The van der Waals surface area contributed by atoms with Crippen molar-refractivity contribution in [2.75, 3.05) is 19.7 Å². The van der Waals surface area contributed by atoms with Crippen molar-refractivity contribution in [3.05, 3.63) is 28.3 Å². The summed E-state index contributed by atoms with van der Waals surface area (Å²) < 4.78 is 31.9. The van der Waals surface area contributed by atoms with Crippen LogP contribution in [-0.4, -0.2) is 24.8 Å². The zero-order valence-electron chi connectivity index (χ0n) is 8.27. The maximum absolute atomic E-state index is 13.5. The van der Waals surface area contributed by atoms with Gasteiger partial charge in [-0.05, 0) is 6.07 Å². The number of morpholine rings is 1. The van der Waals surface area contributed by atoms with Crippen molar-refractivity contribution in [2.24, 2.45) is 0 Å². The standard InChI is InChI=1S/C10H10ClF2NO2/c11-5-3-6(12)9(13)8(10(5)15)7-4-14-1-2-16-7/h3,7,14-15H,1-2,4H2. The molecule has 1 unspecified atom stereocenters. The lowest BCUT2D eigenvalue weighted by Crippen LogP contribution is -2.34. The van der Waals surface area contributed by atoms with Crippen molar-refractivity contribution >= 4 is 11.6 Å². The van der Waals surface area contributed by atoms with Gasteiger partial charge in [0, 0.05) is 13.1 Å². The molecule has 0 aromatic heterocycles. The molecular weight excluding hydrogens is 240 g/mol. The van der Waals surface area contributed by atoms with Gasteiger partial charge in [-0.15, -0.1) is 0 Å². The molecule has 1 aromatic rings. The second kappa shape index (κ2) is 4.53. The van der Waals surface area contributed by atoms with Crippen LogP contribution in [0.2, 0.25) is 5.02 Å². The number of ether oxygens (including phenoxy) is 1. The monoisotopic (exact) mass is 249 g/mol. The van der Waals surface area contributed by atoms with E-state index in [0.29, 0.717) is 19.7 Å². The van der Waals surface area contributed by atoms with Crippen LogP contribution in [0.15, 0.2) is 6.07 Å². The summed E-state index contributed by atoms with van der Waals surface area (Å²) >= 11 is 5.58. The SMILES string of the molecule is Oc1c(Cl)cc(F)c(F)c1C1CNCCO1. The molecule has 6 heteroatoms. The van der Waals surface area contributed by atoms with Crippen LogP contribution < -0.4 is 5.32 Å². The van der Waals surface area contributed by atoms with Crippen LogP contribution in [0, 0.1) is 11.6 Å². The predicted octanol–water partition coefficient (Wildman–Crippen LogP) is 1.98. The smallest absolute Gasteiger partial charge is 0.168 e. The molecule has 2 N–H and O–H groups in total. The average molecular weight is 250 g/mol. The lowest BCUT2D eigenvalue weighted by Gasteiger charge is -2.25. The van der Waals surface area contributed by atoms with Gasteiger partial charge in [-0.25, -0.2) is 8.78 Å². The van der Waals surface area contributed by atoms with Crippen molar-refractivity contribution in [1.82, 2.24) is 5.32 Å². The molecule has 0 saturated carbocycles. The number of benzene rings is 1. The largest absolute Gasteiger partial charge is 0.506 e. The number of aromatic hydroxyl groups is 1. The fourth-order valence-electron chi connectivity index (χ4n) is 1.65. The first-order valence-electron chi connectivity index (χ1n) is 4.80. The number of hydrogen-bond acceptors (Lipinski definition) is 3. The van der Waals surface area contributed by atoms with Crippen LogP contribution in [0.1, 0.15) is 11.7 Å². The van der Waals surface area contributed by atoms with Gasteiger partial charge in [0.2, 0.25) is 0 Å². The predicted molar refractivity (Wildman–Crippen MR) is 54.6 cm³/mol. The summed E-state index contributed by atoms with van der Waals surface area (Å²) in [5.74, 6) is -2.67. The maximum atomic E-state index is 13.5. The Balaban J connectivity index is 2.45. The van der Waals surface area contributed by atoms with E-state index < -0.39 is 23.5 Å². The number of rotatable bonds is 1. The third-order valence-corrected chi connectivity index (χ3v) is 2.72. The molecule has 1 aromatic carbocycles. The maximum Gasteiger partial charge on any atom is 0.168 e. The molecule has 16 heavy (non-hydrogen) atoms. The first kappa shape index (κ1) is 11.6. The third kappa shape index (κ3) is 1.98. The summed E-state index contributed by atoms with van der Waals surface area (Å²) in [6, 6.07) is 0.742. The second-order valence-electron chi connectivity index (χ2n) is 3.48. The van der Waals surface area contributed by atoms with Gasteiger partial charge in [0.1, 0.15) is 11.9 Å². The second-order valence-corrected chi connectivity index (χ2v) is 3.89. The van der Waals surface area contributed by atoms with E-state index in [1.807, 2.05) is 0 Å². The molecule has 0 amide bonds. The Bertz CT molecular complexity index is 382.